The van der Waals surface area contributed by atoms with Crippen LogP contribution in [0.3, 0.4) is 0 Å². The summed E-state index contributed by atoms with van der Waals surface area (Å²) < 4.78 is 14.9. The standard InChI is InChI=1S/C18H20FN3O2/c19-12-6-8-13(9-7-12)22-16-5-1-4-15(16)17(20-22)18(24)21-10-2-3-14(23)11-21/h6-9,14,23H,1-5,10-11H2/t14-/m0/s1. The highest BCUT2D eigenvalue weighted by atomic mass is 19.1. The van der Waals surface area contributed by atoms with Gasteiger partial charge in [-0.3, -0.25) is 4.79 Å². The van der Waals surface area contributed by atoms with Gasteiger partial charge in [-0.15, -0.1) is 0 Å². The Morgan fingerprint density at radius 3 is 2.75 bits per heavy atom. The van der Waals surface area contributed by atoms with Crippen LogP contribution >= 0.6 is 0 Å². The molecular formula is C18H20FN3O2. The van der Waals surface area contributed by atoms with E-state index in [4.69, 9.17) is 0 Å². The minimum absolute atomic E-state index is 0.104. The Hall–Kier alpha value is -2.21. The molecule has 0 unspecified atom stereocenters. The zero-order valence-electron chi connectivity index (χ0n) is 13.4. The van der Waals surface area contributed by atoms with E-state index in [1.165, 1.54) is 12.1 Å². The molecular weight excluding hydrogens is 309 g/mol. The molecule has 0 radical (unpaired) electrons. The number of fused-ring (bicyclic) bond motifs is 1. The summed E-state index contributed by atoms with van der Waals surface area (Å²) in [5.74, 6) is -0.395. The Bertz CT molecular complexity index is 769. The zero-order valence-corrected chi connectivity index (χ0v) is 13.4. The topological polar surface area (TPSA) is 58.4 Å². The maximum Gasteiger partial charge on any atom is 0.274 e. The van der Waals surface area contributed by atoms with Crippen molar-refractivity contribution in [2.45, 2.75) is 38.2 Å². The lowest BCUT2D eigenvalue weighted by Gasteiger charge is -2.29. The van der Waals surface area contributed by atoms with Crippen LogP contribution in [0.1, 0.15) is 41.0 Å². The van der Waals surface area contributed by atoms with E-state index in [1.54, 1.807) is 21.7 Å². The summed E-state index contributed by atoms with van der Waals surface area (Å²) in [4.78, 5) is 14.6. The molecule has 1 amide bonds. The van der Waals surface area contributed by atoms with Gasteiger partial charge in [-0.05, 0) is 56.4 Å². The van der Waals surface area contributed by atoms with Crippen LogP contribution in [0.15, 0.2) is 24.3 Å². The van der Waals surface area contributed by atoms with Crippen LogP contribution < -0.4 is 0 Å². The molecule has 0 saturated carbocycles. The molecule has 5 nitrogen and oxygen atoms in total. The highest BCUT2D eigenvalue weighted by Crippen LogP contribution is 2.29. The van der Waals surface area contributed by atoms with Crippen LogP contribution in [0.4, 0.5) is 4.39 Å². The monoisotopic (exact) mass is 329 g/mol. The number of rotatable bonds is 2. The van der Waals surface area contributed by atoms with E-state index in [-0.39, 0.29) is 11.7 Å². The number of aliphatic hydroxyl groups is 1. The van der Waals surface area contributed by atoms with Crippen LogP contribution in [0.25, 0.3) is 5.69 Å². The molecule has 1 fully saturated rings. The third-order valence-electron chi connectivity index (χ3n) is 4.89. The summed E-state index contributed by atoms with van der Waals surface area (Å²) in [5, 5.41) is 14.4. The summed E-state index contributed by atoms with van der Waals surface area (Å²) >= 11 is 0. The van der Waals surface area contributed by atoms with Gasteiger partial charge in [0.25, 0.3) is 5.91 Å². The van der Waals surface area contributed by atoms with Gasteiger partial charge in [0.1, 0.15) is 5.82 Å². The molecule has 1 aliphatic heterocycles. The molecule has 1 atom stereocenters. The van der Waals surface area contributed by atoms with Gasteiger partial charge in [0, 0.05) is 24.3 Å². The van der Waals surface area contributed by atoms with Crippen molar-refractivity contribution in [2.24, 2.45) is 0 Å². The van der Waals surface area contributed by atoms with Crippen LogP contribution in [0.5, 0.6) is 0 Å². The van der Waals surface area contributed by atoms with Crippen molar-refractivity contribution in [2.75, 3.05) is 13.1 Å². The SMILES string of the molecule is O=C(c1nn(-c2ccc(F)cc2)c2c1CCC2)N1CCC[C@H](O)C1. The number of β-amino-alcohol motifs (C(OH)–C–C–N with tert-alkyl or cyclic N) is 1. The first-order chi connectivity index (χ1) is 11.6. The number of carbonyl (C=O) groups is 1. The molecule has 0 spiro atoms. The number of hydrogen-bond acceptors (Lipinski definition) is 3. The number of halogens is 1. The van der Waals surface area contributed by atoms with Crippen LogP contribution in [0.2, 0.25) is 0 Å². The molecule has 126 valence electrons. The molecule has 1 aliphatic carbocycles. The number of amides is 1. The summed E-state index contributed by atoms with van der Waals surface area (Å²) in [6.07, 6.45) is 3.82. The van der Waals surface area contributed by atoms with E-state index in [0.717, 1.165) is 49.0 Å². The number of likely N-dealkylation sites (tertiary alicyclic amines) is 1. The van der Waals surface area contributed by atoms with Gasteiger partial charge < -0.3 is 10.0 Å². The van der Waals surface area contributed by atoms with E-state index in [2.05, 4.69) is 5.10 Å². The lowest BCUT2D eigenvalue weighted by atomic mass is 10.1. The first kappa shape index (κ1) is 15.3. The Labute approximate surface area is 139 Å². The van der Waals surface area contributed by atoms with Gasteiger partial charge in [0.2, 0.25) is 0 Å². The zero-order chi connectivity index (χ0) is 16.7. The molecule has 24 heavy (non-hydrogen) atoms. The van der Waals surface area contributed by atoms with E-state index in [0.29, 0.717) is 18.8 Å². The maximum atomic E-state index is 13.2. The molecule has 1 saturated heterocycles. The van der Waals surface area contributed by atoms with Crippen molar-refractivity contribution in [3.05, 3.63) is 47.0 Å². The lowest BCUT2D eigenvalue weighted by Crippen LogP contribution is -2.42. The van der Waals surface area contributed by atoms with Crippen molar-refractivity contribution in [3.8, 4) is 5.69 Å². The molecule has 1 N–H and O–H groups in total. The van der Waals surface area contributed by atoms with Crippen LogP contribution in [0, 0.1) is 5.82 Å². The molecule has 0 bridgehead atoms. The second-order valence-corrected chi connectivity index (χ2v) is 6.56. The van der Waals surface area contributed by atoms with Gasteiger partial charge in [-0.25, -0.2) is 9.07 Å². The van der Waals surface area contributed by atoms with Gasteiger partial charge in [0.05, 0.1) is 11.8 Å². The first-order valence-corrected chi connectivity index (χ1v) is 8.47. The smallest absolute Gasteiger partial charge is 0.274 e. The fourth-order valence-electron chi connectivity index (χ4n) is 3.69. The highest BCUT2D eigenvalue weighted by Gasteiger charge is 2.31. The predicted octanol–water partition coefficient (Wildman–Crippen LogP) is 2.10. The normalized spacial score (nSPS) is 20.2. The van der Waals surface area contributed by atoms with E-state index >= 15 is 0 Å². The molecule has 4 rings (SSSR count). The highest BCUT2D eigenvalue weighted by molar-refractivity contribution is 5.94. The number of carbonyl (C=O) groups excluding carboxylic acids is 1. The fourth-order valence-corrected chi connectivity index (χ4v) is 3.69. The second-order valence-electron chi connectivity index (χ2n) is 6.56. The third kappa shape index (κ3) is 2.60. The predicted molar refractivity (Wildman–Crippen MR) is 86.7 cm³/mol. The minimum Gasteiger partial charge on any atom is -0.391 e. The Morgan fingerprint density at radius 1 is 1.21 bits per heavy atom. The Morgan fingerprint density at radius 2 is 2.00 bits per heavy atom. The number of benzene rings is 1. The van der Waals surface area contributed by atoms with Crippen molar-refractivity contribution in [1.82, 2.24) is 14.7 Å². The van der Waals surface area contributed by atoms with Gasteiger partial charge in [0.15, 0.2) is 5.69 Å². The molecule has 2 heterocycles. The van der Waals surface area contributed by atoms with E-state index in [1.807, 2.05) is 0 Å². The quantitative estimate of drug-likeness (QED) is 0.918. The number of hydrogen-bond donors (Lipinski definition) is 1. The molecule has 1 aromatic carbocycles. The second kappa shape index (κ2) is 6.02. The summed E-state index contributed by atoms with van der Waals surface area (Å²) in [6.45, 7) is 1.03. The number of aliphatic hydroxyl groups excluding tert-OH is 1. The van der Waals surface area contributed by atoms with Crippen LogP contribution in [-0.4, -0.2) is 44.9 Å². The van der Waals surface area contributed by atoms with E-state index in [9.17, 15) is 14.3 Å². The average Bonchev–Trinajstić information content (AvgIpc) is 3.17. The van der Waals surface area contributed by atoms with Crippen molar-refractivity contribution in [3.63, 3.8) is 0 Å². The summed E-state index contributed by atoms with van der Waals surface area (Å²) in [7, 11) is 0. The number of piperidine rings is 1. The third-order valence-corrected chi connectivity index (χ3v) is 4.89. The van der Waals surface area contributed by atoms with Crippen LogP contribution in [-0.2, 0) is 12.8 Å². The molecule has 2 aliphatic rings. The van der Waals surface area contributed by atoms with Crippen molar-refractivity contribution >= 4 is 5.91 Å². The van der Waals surface area contributed by atoms with Crippen molar-refractivity contribution in [1.29, 1.82) is 0 Å². The molecule has 6 heteroatoms. The van der Waals surface area contributed by atoms with Gasteiger partial charge >= 0.3 is 0 Å². The van der Waals surface area contributed by atoms with Gasteiger partial charge in [-0.2, -0.15) is 5.10 Å². The molecule has 2 aromatic rings. The first-order valence-electron chi connectivity index (χ1n) is 8.47. The maximum absolute atomic E-state index is 13.2. The minimum atomic E-state index is -0.449. The lowest BCUT2D eigenvalue weighted by molar-refractivity contribution is 0.0467. The Balaban J connectivity index is 1.70. The average molecular weight is 329 g/mol. The Kier molecular flexibility index (Phi) is 3.84. The molecule has 1 aromatic heterocycles. The van der Waals surface area contributed by atoms with Crippen molar-refractivity contribution < 1.29 is 14.3 Å². The summed E-state index contributed by atoms with van der Waals surface area (Å²) in [5.41, 5.74) is 3.31. The number of nitrogens with zero attached hydrogens (tertiary/aromatic N) is 3. The summed E-state index contributed by atoms with van der Waals surface area (Å²) in [6, 6.07) is 6.17. The van der Waals surface area contributed by atoms with E-state index < -0.39 is 6.10 Å². The fraction of sp³-hybridized carbons (Fsp3) is 0.444. The largest absolute Gasteiger partial charge is 0.391 e. The van der Waals surface area contributed by atoms with Gasteiger partial charge in [-0.1, -0.05) is 0 Å². The number of aromatic nitrogens is 2.